The molecule has 4 rings (SSSR count). The van der Waals surface area contributed by atoms with E-state index in [0.717, 1.165) is 42.0 Å². The van der Waals surface area contributed by atoms with Crippen LogP contribution in [0.2, 0.25) is 0 Å². The third-order valence-corrected chi connectivity index (χ3v) is 6.89. The van der Waals surface area contributed by atoms with E-state index in [2.05, 4.69) is 0 Å². The summed E-state index contributed by atoms with van der Waals surface area (Å²) in [6.07, 6.45) is -8.47. The van der Waals surface area contributed by atoms with Gasteiger partial charge in [-0.15, -0.1) is 0 Å². The summed E-state index contributed by atoms with van der Waals surface area (Å²) >= 11 is 0. The van der Waals surface area contributed by atoms with Gasteiger partial charge in [0, 0.05) is 31.6 Å². The molecule has 0 radical (unpaired) electrons. The van der Waals surface area contributed by atoms with E-state index in [4.69, 9.17) is 4.74 Å². The predicted molar refractivity (Wildman–Crippen MR) is 139 cm³/mol. The summed E-state index contributed by atoms with van der Waals surface area (Å²) in [6, 6.07) is 17.6. The summed E-state index contributed by atoms with van der Waals surface area (Å²) in [4.78, 5) is 29.3. The third-order valence-electron chi connectivity index (χ3n) is 6.89. The second kappa shape index (κ2) is 12.8. The topological polar surface area (TPSA) is 49.9 Å². The van der Waals surface area contributed by atoms with E-state index in [1.165, 1.54) is 17.0 Å². The van der Waals surface area contributed by atoms with Gasteiger partial charge in [-0.05, 0) is 53.9 Å². The number of ether oxygens (including phenoxy) is 1. The Morgan fingerprint density at radius 2 is 1.34 bits per heavy atom. The molecule has 5 nitrogen and oxygen atoms in total. The lowest BCUT2D eigenvalue weighted by Gasteiger charge is -2.31. The minimum atomic E-state index is -4.51. The Morgan fingerprint density at radius 3 is 1.93 bits per heavy atom. The van der Waals surface area contributed by atoms with Gasteiger partial charge in [0.2, 0.25) is 5.91 Å². The summed E-state index contributed by atoms with van der Waals surface area (Å²) in [7, 11) is 0. The normalized spacial score (nSPS) is 15.5. The van der Waals surface area contributed by atoms with Gasteiger partial charge in [-0.25, -0.2) is 0 Å². The molecular formula is C30H28F6N2O3. The van der Waals surface area contributed by atoms with Crippen molar-refractivity contribution >= 4 is 11.8 Å². The van der Waals surface area contributed by atoms with Gasteiger partial charge in [0.15, 0.2) is 0 Å². The number of nitrogens with zero attached hydrogens (tertiary/aromatic N) is 2. The molecule has 0 spiro atoms. The fourth-order valence-corrected chi connectivity index (χ4v) is 4.66. The molecule has 0 aromatic heterocycles. The van der Waals surface area contributed by atoms with Crippen molar-refractivity contribution in [2.24, 2.45) is 0 Å². The van der Waals surface area contributed by atoms with E-state index < -0.39 is 35.4 Å². The number of benzene rings is 3. The monoisotopic (exact) mass is 578 g/mol. The molecule has 41 heavy (non-hydrogen) atoms. The number of hydrogen-bond donors (Lipinski definition) is 0. The molecule has 1 saturated heterocycles. The molecule has 1 aliphatic heterocycles. The summed E-state index contributed by atoms with van der Waals surface area (Å²) in [5.74, 6) is -0.668. The Labute approximate surface area is 233 Å². The van der Waals surface area contributed by atoms with Crippen LogP contribution in [0, 0.1) is 0 Å². The maximum absolute atomic E-state index is 13.2. The van der Waals surface area contributed by atoms with Crippen molar-refractivity contribution in [1.29, 1.82) is 0 Å². The first-order valence-corrected chi connectivity index (χ1v) is 13.0. The Balaban J connectivity index is 1.43. The van der Waals surface area contributed by atoms with Gasteiger partial charge in [0.1, 0.15) is 0 Å². The molecule has 0 unspecified atom stereocenters. The van der Waals surface area contributed by atoms with Crippen LogP contribution in [0.25, 0.3) is 0 Å². The number of carbonyl (C=O) groups excluding carboxylic acids is 2. The van der Waals surface area contributed by atoms with Crippen molar-refractivity contribution in [2.45, 2.75) is 37.8 Å². The number of amides is 2. The molecule has 0 aliphatic carbocycles. The summed E-state index contributed by atoms with van der Waals surface area (Å²) in [6.45, 7) is 0.625. The molecule has 1 atom stereocenters. The highest BCUT2D eigenvalue weighted by Gasteiger charge is 2.32. The number of halogens is 6. The van der Waals surface area contributed by atoms with Crippen LogP contribution >= 0.6 is 0 Å². The number of alkyl halides is 6. The van der Waals surface area contributed by atoms with Gasteiger partial charge in [-0.2, -0.15) is 26.3 Å². The smallest absolute Gasteiger partial charge is 0.375 e. The highest BCUT2D eigenvalue weighted by molar-refractivity contribution is 5.94. The number of hydrogen-bond acceptors (Lipinski definition) is 3. The van der Waals surface area contributed by atoms with Crippen LogP contribution in [0.1, 0.15) is 39.0 Å². The Bertz CT molecular complexity index is 1310. The Morgan fingerprint density at radius 1 is 0.756 bits per heavy atom. The highest BCUT2D eigenvalue weighted by Crippen LogP contribution is 2.30. The highest BCUT2D eigenvalue weighted by atomic mass is 19.4. The fraction of sp³-hybridized carbons (Fsp3) is 0.333. The van der Waals surface area contributed by atoms with Crippen LogP contribution in [0.5, 0.6) is 0 Å². The van der Waals surface area contributed by atoms with Crippen molar-refractivity contribution in [3.05, 3.63) is 107 Å². The molecule has 0 bridgehead atoms. The third kappa shape index (κ3) is 8.09. The first-order valence-electron chi connectivity index (χ1n) is 13.0. The van der Waals surface area contributed by atoms with Gasteiger partial charge in [0.05, 0.1) is 30.4 Å². The zero-order chi connectivity index (χ0) is 29.6. The Hall–Kier alpha value is -3.86. The van der Waals surface area contributed by atoms with Crippen LogP contribution in [-0.2, 0) is 34.9 Å². The molecule has 1 aliphatic rings. The van der Waals surface area contributed by atoms with Crippen LogP contribution < -0.4 is 0 Å². The van der Waals surface area contributed by atoms with Crippen molar-refractivity contribution in [2.75, 3.05) is 26.2 Å². The maximum Gasteiger partial charge on any atom is 0.416 e. The van der Waals surface area contributed by atoms with Crippen LogP contribution in [-0.4, -0.2) is 53.9 Å². The standard InChI is InChI=1S/C30H28F6N2O3/c31-29(32,33)24-10-6-22(7-11-24)19-41-20-26(18-21-4-2-1-3-5-21)38-17-16-37(15-14-27(38)39)28(40)23-8-12-25(13-9-23)30(34,35)36/h1-13,26H,14-20H2/t26-/m0/s1. The van der Waals surface area contributed by atoms with Gasteiger partial charge in [0.25, 0.3) is 5.91 Å². The average Bonchev–Trinajstić information content (AvgIpc) is 3.13. The minimum Gasteiger partial charge on any atom is -0.375 e. The SMILES string of the molecule is O=C(c1ccc(C(F)(F)F)cc1)N1CCC(=O)N([C@H](COCc2ccc(C(F)(F)F)cc2)Cc2ccccc2)CC1. The van der Waals surface area contributed by atoms with E-state index in [-0.39, 0.29) is 50.7 Å². The molecule has 0 N–H and O–H groups in total. The molecule has 3 aromatic carbocycles. The van der Waals surface area contributed by atoms with Gasteiger partial charge < -0.3 is 14.5 Å². The lowest BCUT2D eigenvalue weighted by Crippen LogP contribution is -2.45. The van der Waals surface area contributed by atoms with Gasteiger partial charge in [-0.1, -0.05) is 42.5 Å². The molecule has 1 fully saturated rings. The quantitative estimate of drug-likeness (QED) is 0.298. The second-order valence-corrected chi connectivity index (χ2v) is 9.76. The predicted octanol–water partition coefficient (Wildman–Crippen LogP) is 6.23. The van der Waals surface area contributed by atoms with E-state index in [1.54, 1.807) is 4.90 Å². The maximum atomic E-state index is 13.2. The molecule has 3 aromatic rings. The lowest BCUT2D eigenvalue weighted by molar-refractivity contribution is -0.138. The van der Waals surface area contributed by atoms with Gasteiger partial charge in [-0.3, -0.25) is 9.59 Å². The molecular weight excluding hydrogens is 550 g/mol. The summed E-state index contributed by atoms with van der Waals surface area (Å²) in [5.41, 5.74) is -0.0166. The molecule has 218 valence electrons. The van der Waals surface area contributed by atoms with Crippen LogP contribution in [0.4, 0.5) is 26.3 Å². The van der Waals surface area contributed by atoms with Crippen LogP contribution in [0.15, 0.2) is 78.9 Å². The van der Waals surface area contributed by atoms with Crippen LogP contribution in [0.3, 0.4) is 0 Å². The summed E-state index contributed by atoms with van der Waals surface area (Å²) < 4.78 is 83.1. The van der Waals surface area contributed by atoms with E-state index in [1.807, 2.05) is 30.3 Å². The van der Waals surface area contributed by atoms with Crippen molar-refractivity contribution < 1.29 is 40.7 Å². The van der Waals surface area contributed by atoms with Crippen molar-refractivity contribution in [1.82, 2.24) is 9.80 Å². The Kier molecular flexibility index (Phi) is 9.37. The number of carbonyl (C=O) groups is 2. The molecule has 2 amide bonds. The summed E-state index contributed by atoms with van der Waals surface area (Å²) in [5, 5.41) is 0. The first-order chi connectivity index (χ1) is 19.4. The van der Waals surface area contributed by atoms with Crippen molar-refractivity contribution in [3.8, 4) is 0 Å². The van der Waals surface area contributed by atoms with Gasteiger partial charge >= 0.3 is 12.4 Å². The zero-order valence-electron chi connectivity index (χ0n) is 21.9. The van der Waals surface area contributed by atoms with Crippen molar-refractivity contribution in [3.63, 3.8) is 0 Å². The molecule has 0 saturated carbocycles. The molecule has 1 heterocycles. The molecule has 11 heteroatoms. The largest absolute Gasteiger partial charge is 0.416 e. The minimum absolute atomic E-state index is 0.0244. The van der Waals surface area contributed by atoms with E-state index in [9.17, 15) is 35.9 Å². The van der Waals surface area contributed by atoms with E-state index in [0.29, 0.717) is 12.0 Å². The average molecular weight is 579 g/mol. The first kappa shape index (κ1) is 30.1. The second-order valence-electron chi connectivity index (χ2n) is 9.76. The zero-order valence-corrected chi connectivity index (χ0v) is 21.9. The fourth-order valence-electron chi connectivity index (χ4n) is 4.66. The lowest BCUT2D eigenvalue weighted by atomic mass is 10.0. The number of rotatable bonds is 8. The van der Waals surface area contributed by atoms with E-state index >= 15 is 0 Å².